The molecule has 2 aromatic carbocycles. The van der Waals surface area contributed by atoms with E-state index in [1.165, 1.54) is 0 Å². The molecule has 0 aliphatic heterocycles. The van der Waals surface area contributed by atoms with E-state index in [-0.39, 0.29) is 18.5 Å². The Labute approximate surface area is 179 Å². The first kappa shape index (κ1) is 24.6. The maximum Gasteiger partial charge on any atom is 0.161 e. The summed E-state index contributed by atoms with van der Waals surface area (Å²) in [7, 11) is 0. The summed E-state index contributed by atoms with van der Waals surface area (Å²) in [5, 5.41) is 4.14. The van der Waals surface area contributed by atoms with E-state index in [9.17, 15) is 0 Å². The molecular weight excluding hydrogens is 397 g/mol. The molecular formula is C22H31Cl2NO3. The molecule has 0 amide bonds. The summed E-state index contributed by atoms with van der Waals surface area (Å²) in [5.74, 6) is 1.48. The summed E-state index contributed by atoms with van der Waals surface area (Å²) in [4.78, 5) is 0. The summed E-state index contributed by atoms with van der Waals surface area (Å²) in [5.41, 5.74) is 2.12. The minimum Gasteiger partial charge on any atom is -0.490 e. The molecule has 0 saturated heterocycles. The monoisotopic (exact) mass is 427 g/mol. The second kappa shape index (κ2) is 13.7. The molecule has 0 aliphatic carbocycles. The van der Waals surface area contributed by atoms with Crippen LogP contribution in [0.25, 0.3) is 0 Å². The van der Waals surface area contributed by atoms with Gasteiger partial charge in [0.2, 0.25) is 0 Å². The highest BCUT2D eigenvalue weighted by Gasteiger charge is 2.08. The lowest BCUT2D eigenvalue weighted by Gasteiger charge is -2.14. The number of hydrogen-bond acceptors (Lipinski definition) is 4. The molecule has 1 N–H and O–H groups in total. The fourth-order valence-electron chi connectivity index (χ4n) is 2.57. The average molecular weight is 428 g/mol. The Balaban J connectivity index is 0.00000392. The summed E-state index contributed by atoms with van der Waals surface area (Å²) >= 11 is 6.20. The van der Waals surface area contributed by atoms with E-state index in [4.69, 9.17) is 25.8 Å². The van der Waals surface area contributed by atoms with Gasteiger partial charge in [0.25, 0.3) is 0 Å². The molecule has 0 radical (unpaired) electrons. The number of halogens is 2. The fraction of sp³-hybridized carbons (Fsp3) is 0.455. The van der Waals surface area contributed by atoms with Crippen LogP contribution in [0.1, 0.15) is 38.3 Å². The molecule has 0 unspecified atom stereocenters. The molecule has 0 spiro atoms. The Kier molecular flexibility index (Phi) is 12.0. The minimum atomic E-state index is 0. The largest absolute Gasteiger partial charge is 0.490 e. The van der Waals surface area contributed by atoms with Crippen LogP contribution in [0.4, 0.5) is 0 Å². The van der Waals surface area contributed by atoms with Crippen molar-refractivity contribution in [3.8, 4) is 11.5 Å². The third-order valence-corrected chi connectivity index (χ3v) is 4.30. The van der Waals surface area contributed by atoms with Crippen molar-refractivity contribution in [3.05, 3.63) is 58.6 Å². The molecule has 0 atom stereocenters. The normalized spacial score (nSPS) is 10.6. The first-order chi connectivity index (χ1) is 13.1. The molecule has 0 fully saturated rings. The van der Waals surface area contributed by atoms with Crippen molar-refractivity contribution in [2.45, 2.75) is 46.4 Å². The van der Waals surface area contributed by atoms with E-state index >= 15 is 0 Å². The number of benzene rings is 2. The van der Waals surface area contributed by atoms with E-state index < -0.39 is 0 Å². The van der Waals surface area contributed by atoms with E-state index in [1.807, 2.05) is 43.3 Å². The lowest BCUT2D eigenvalue weighted by atomic mass is 10.2. The molecule has 0 aromatic heterocycles. The molecule has 2 aromatic rings. The number of ether oxygens (including phenoxy) is 3. The standard InChI is InChI=1S/C22H30ClNO3.ClH/c1-4-25-22-14-18(15-24-12-7-13-26-17(2)3)10-11-21(22)27-16-19-8-5-6-9-20(19)23;/h5-6,8-11,14,17,24H,4,7,12-13,15-16H2,1-3H3;1H. The topological polar surface area (TPSA) is 39.7 Å². The summed E-state index contributed by atoms with van der Waals surface area (Å²) in [6, 6.07) is 13.7. The van der Waals surface area contributed by atoms with Crippen LogP contribution in [0, 0.1) is 0 Å². The van der Waals surface area contributed by atoms with Crippen molar-refractivity contribution >= 4 is 24.0 Å². The zero-order chi connectivity index (χ0) is 19.5. The van der Waals surface area contributed by atoms with Crippen LogP contribution in [0.5, 0.6) is 11.5 Å². The van der Waals surface area contributed by atoms with Crippen molar-refractivity contribution in [2.75, 3.05) is 19.8 Å². The predicted molar refractivity (Wildman–Crippen MR) is 118 cm³/mol. The smallest absolute Gasteiger partial charge is 0.161 e. The Hall–Kier alpha value is -1.46. The van der Waals surface area contributed by atoms with Crippen LogP contribution in [0.3, 0.4) is 0 Å². The second-order valence-electron chi connectivity index (χ2n) is 6.54. The average Bonchev–Trinajstić information content (AvgIpc) is 2.65. The van der Waals surface area contributed by atoms with E-state index in [2.05, 4.69) is 25.2 Å². The summed E-state index contributed by atoms with van der Waals surface area (Å²) in [6.45, 7) is 9.56. The highest BCUT2D eigenvalue weighted by Crippen LogP contribution is 2.30. The highest BCUT2D eigenvalue weighted by atomic mass is 35.5. The molecule has 0 saturated carbocycles. The lowest BCUT2D eigenvalue weighted by Crippen LogP contribution is -2.17. The van der Waals surface area contributed by atoms with Gasteiger partial charge in [-0.1, -0.05) is 35.9 Å². The molecule has 0 aliphatic rings. The third-order valence-electron chi connectivity index (χ3n) is 3.93. The fourth-order valence-corrected chi connectivity index (χ4v) is 2.76. The van der Waals surface area contributed by atoms with Crippen molar-refractivity contribution in [3.63, 3.8) is 0 Å². The summed E-state index contributed by atoms with van der Waals surface area (Å²) in [6.07, 6.45) is 1.28. The van der Waals surface area contributed by atoms with E-state index in [0.717, 1.165) is 48.7 Å². The van der Waals surface area contributed by atoms with Crippen LogP contribution >= 0.6 is 24.0 Å². The van der Waals surface area contributed by atoms with Gasteiger partial charge in [-0.05, 0) is 57.5 Å². The highest BCUT2D eigenvalue weighted by molar-refractivity contribution is 6.31. The van der Waals surface area contributed by atoms with Crippen molar-refractivity contribution in [2.24, 2.45) is 0 Å². The summed E-state index contributed by atoms with van der Waals surface area (Å²) < 4.78 is 17.3. The van der Waals surface area contributed by atoms with Gasteiger partial charge in [0.15, 0.2) is 11.5 Å². The van der Waals surface area contributed by atoms with Crippen molar-refractivity contribution in [1.29, 1.82) is 0 Å². The van der Waals surface area contributed by atoms with E-state index in [1.54, 1.807) is 0 Å². The van der Waals surface area contributed by atoms with Crippen molar-refractivity contribution in [1.82, 2.24) is 5.32 Å². The molecule has 6 heteroatoms. The first-order valence-corrected chi connectivity index (χ1v) is 9.92. The number of nitrogens with one attached hydrogen (secondary N) is 1. The quantitative estimate of drug-likeness (QED) is 0.444. The van der Waals surface area contributed by atoms with E-state index in [0.29, 0.717) is 18.2 Å². The third kappa shape index (κ3) is 8.70. The van der Waals surface area contributed by atoms with Crippen LogP contribution in [0.2, 0.25) is 5.02 Å². The number of hydrogen-bond donors (Lipinski definition) is 1. The van der Waals surface area contributed by atoms with Crippen molar-refractivity contribution < 1.29 is 14.2 Å². The Bertz CT molecular complexity index is 695. The lowest BCUT2D eigenvalue weighted by molar-refractivity contribution is 0.0770. The first-order valence-electron chi connectivity index (χ1n) is 9.54. The molecule has 4 nitrogen and oxygen atoms in total. The van der Waals surface area contributed by atoms with Gasteiger partial charge < -0.3 is 19.5 Å². The molecule has 28 heavy (non-hydrogen) atoms. The van der Waals surface area contributed by atoms with Gasteiger partial charge in [-0.3, -0.25) is 0 Å². The second-order valence-corrected chi connectivity index (χ2v) is 6.95. The molecule has 156 valence electrons. The minimum absolute atomic E-state index is 0. The van der Waals surface area contributed by atoms with Crippen LogP contribution < -0.4 is 14.8 Å². The van der Waals surface area contributed by atoms with Gasteiger partial charge in [0, 0.05) is 23.7 Å². The molecule has 0 bridgehead atoms. The Morgan fingerprint density at radius 1 is 1.04 bits per heavy atom. The van der Waals surface area contributed by atoms with Crippen LogP contribution in [-0.4, -0.2) is 25.9 Å². The van der Waals surface area contributed by atoms with Gasteiger partial charge >= 0.3 is 0 Å². The van der Waals surface area contributed by atoms with Gasteiger partial charge in [-0.25, -0.2) is 0 Å². The molecule has 2 rings (SSSR count). The van der Waals surface area contributed by atoms with Gasteiger partial charge in [0.1, 0.15) is 6.61 Å². The SMILES string of the molecule is CCOc1cc(CNCCCOC(C)C)ccc1OCc1ccccc1Cl.Cl. The van der Waals surface area contributed by atoms with Gasteiger partial charge in [0.05, 0.1) is 12.7 Å². The zero-order valence-corrected chi connectivity index (χ0v) is 18.4. The Morgan fingerprint density at radius 3 is 2.54 bits per heavy atom. The molecule has 0 heterocycles. The van der Waals surface area contributed by atoms with Crippen LogP contribution in [-0.2, 0) is 17.9 Å². The maximum absolute atomic E-state index is 6.20. The Morgan fingerprint density at radius 2 is 1.82 bits per heavy atom. The van der Waals surface area contributed by atoms with Crippen LogP contribution in [0.15, 0.2) is 42.5 Å². The van der Waals surface area contributed by atoms with Gasteiger partial charge in [-0.15, -0.1) is 12.4 Å². The predicted octanol–water partition coefficient (Wildman–Crippen LogP) is 5.64. The number of rotatable bonds is 12. The van der Waals surface area contributed by atoms with Gasteiger partial charge in [-0.2, -0.15) is 0 Å². The zero-order valence-electron chi connectivity index (χ0n) is 16.9. The maximum atomic E-state index is 6.20.